The number of hydrogen-bond donors (Lipinski definition) is 0. The van der Waals surface area contributed by atoms with Crippen LogP contribution in [0, 0.1) is 17.0 Å². The molecular weight excluding hydrogens is 332 g/mol. The highest BCUT2D eigenvalue weighted by atomic mass is 79.9. The van der Waals surface area contributed by atoms with Crippen LogP contribution >= 0.6 is 31.9 Å². The van der Waals surface area contributed by atoms with Crippen LogP contribution in [0.15, 0.2) is 6.07 Å². The number of alkyl halides is 2. The Morgan fingerprint density at radius 1 is 1.60 bits per heavy atom. The third-order valence-electron chi connectivity index (χ3n) is 1.77. The number of hydrogen-bond acceptors (Lipinski definition) is 4. The highest BCUT2D eigenvalue weighted by molar-refractivity contribution is 9.24. The van der Waals surface area contributed by atoms with E-state index in [-0.39, 0.29) is 9.42 Å². The van der Waals surface area contributed by atoms with E-state index in [9.17, 15) is 10.1 Å². The standard InChI is InChI=1S/C8H8Br2N2O3/c1-4-3-5(12(13)14)6(7(9)10)11-8(4)15-2/h3,7H,1-2H3. The predicted octanol–water partition coefficient (Wildman–Crippen LogP) is 3.10. The summed E-state index contributed by atoms with van der Waals surface area (Å²) in [7, 11) is 1.47. The molecule has 0 saturated carbocycles. The minimum atomic E-state index is -0.468. The van der Waals surface area contributed by atoms with E-state index < -0.39 is 4.92 Å². The Hall–Kier alpha value is -0.690. The molecule has 0 unspecified atom stereocenters. The van der Waals surface area contributed by atoms with E-state index >= 15 is 0 Å². The minimum Gasteiger partial charge on any atom is -0.481 e. The van der Waals surface area contributed by atoms with Crippen molar-refractivity contribution in [2.24, 2.45) is 0 Å². The lowest BCUT2D eigenvalue weighted by atomic mass is 10.2. The summed E-state index contributed by atoms with van der Waals surface area (Å²) in [5.74, 6) is 0.388. The lowest BCUT2D eigenvalue weighted by Gasteiger charge is -2.08. The van der Waals surface area contributed by atoms with Crippen LogP contribution in [0.2, 0.25) is 0 Å². The third-order valence-corrected chi connectivity index (χ3v) is 2.64. The summed E-state index contributed by atoms with van der Waals surface area (Å²) in [6, 6.07) is 1.44. The molecule has 1 aromatic heterocycles. The van der Waals surface area contributed by atoms with E-state index in [2.05, 4.69) is 36.8 Å². The molecule has 0 amide bonds. The van der Waals surface area contributed by atoms with Gasteiger partial charge < -0.3 is 4.74 Å². The number of aryl methyl sites for hydroxylation is 1. The molecule has 1 heterocycles. The fourth-order valence-corrected chi connectivity index (χ4v) is 1.78. The van der Waals surface area contributed by atoms with Crippen molar-refractivity contribution in [2.45, 2.75) is 10.7 Å². The number of rotatable bonds is 3. The van der Waals surface area contributed by atoms with Crippen LogP contribution in [0.1, 0.15) is 15.0 Å². The molecule has 0 radical (unpaired) electrons. The molecule has 5 nitrogen and oxygen atoms in total. The van der Waals surface area contributed by atoms with Gasteiger partial charge in [-0.15, -0.1) is 0 Å². The first-order valence-corrected chi connectivity index (χ1v) is 5.78. The van der Waals surface area contributed by atoms with Crippen molar-refractivity contribution >= 4 is 37.5 Å². The van der Waals surface area contributed by atoms with E-state index in [1.807, 2.05) is 0 Å². The topological polar surface area (TPSA) is 65.3 Å². The molecule has 0 atom stereocenters. The van der Waals surface area contributed by atoms with Crippen LogP contribution in [-0.2, 0) is 0 Å². The minimum absolute atomic E-state index is 0.0351. The molecule has 0 bridgehead atoms. The van der Waals surface area contributed by atoms with Gasteiger partial charge in [0, 0.05) is 11.6 Å². The number of halogens is 2. The smallest absolute Gasteiger partial charge is 0.293 e. The maximum atomic E-state index is 10.8. The van der Waals surface area contributed by atoms with Crippen molar-refractivity contribution in [1.29, 1.82) is 0 Å². The van der Waals surface area contributed by atoms with Gasteiger partial charge in [0.2, 0.25) is 5.88 Å². The van der Waals surface area contributed by atoms with E-state index in [0.717, 1.165) is 0 Å². The lowest BCUT2D eigenvalue weighted by molar-refractivity contribution is -0.385. The quantitative estimate of drug-likeness (QED) is 0.482. The summed E-state index contributed by atoms with van der Waals surface area (Å²) in [5, 5.41) is 10.8. The van der Waals surface area contributed by atoms with Crippen LogP contribution in [0.3, 0.4) is 0 Å². The average Bonchev–Trinajstić information content (AvgIpc) is 2.16. The Morgan fingerprint density at radius 3 is 2.60 bits per heavy atom. The van der Waals surface area contributed by atoms with Gasteiger partial charge in [-0.2, -0.15) is 0 Å². The molecule has 0 spiro atoms. The van der Waals surface area contributed by atoms with Crippen LogP contribution in [0.5, 0.6) is 5.88 Å². The number of pyridine rings is 1. The Morgan fingerprint density at radius 2 is 2.20 bits per heavy atom. The largest absolute Gasteiger partial charge is 0.481 e. The highest BCUT2D eigenvalue weighted by Crippen LogP contribution is 2.36. The first-order chi connectivity index (χ1) is 6.97. The molecule has 1 rings (SSSR count). The molecule has 7 heteroatoms. The zero-order valence-corrected chi connectivity index (χ0v) is 11.2. The van der Waals surface area contributed by atoms with Gasteiger partial charge in [0.15, 0.2) is 0 Å². The Bertz CT molecular complexity index is 396. The molecular formula is C8H8Br2N2O3. The van der Waals surface area contributed by atoms with Crippen molar-refractivity contribution in [3.8, 4) is 5.88 Å². The number of methoxy groups -OCH3 is 1. The number of nitro groups is 1. The maximum Gasteiger partial charge on any atom is 0.293 e. The second-order valence-corrected chi connectivity index (χ2v) is 5.84. The summed E-state index contributed by atoms with van der Waals surface area (Å²) in [4.78, 5) is 14.3. The van der Waals surface area contributed by atoms with Crippen molar-refractivity contribution < 1.29 is 9.66 Å². The second kappa shape index (κ2) is 4.89. The molecule has 0 N–H and O–H groups in total. The van der Waals surface area contributed by atoms with E-state index in [4.69, 9.17) is 4.74 Å². The summed E-state index contributed by atoms with van der Waals surface area (Å²) in [6.45, 7) is 1.71. The van der Waals surface area contributed by atoms with Crippen molar-refractivity contribution in [2.75, 3.05) is 7.11 Å². The SMILES string of the molecule is COc1nc(C(Br)Br)c([N+](=O)[O-])cc1C. The molecule has 0 saturated heterocycles. The Kier molecular flexibility index (Phi) is 4.04. The zero-order valence-electron chi connectivity index (χ0n) is 8.03. The molecule has 0 aliphatic rings. The van der Waals surface area contributed by atoms with Gasteiger partial charge in [-0.3, -0.25) is 10.1 Å². The normalized spacial score (nSPS) is 10.5. The van der Waals surface area contributed by atoms with Crippen LogP contribution in [0.25, 0.3) is 0 Å². The average molecular weight is 340 g/mol. The van der Waals surface area contributed by atoms with Gasteiger partial charge in [-0.25, -0.2) is 4.98 Å². The summed E-state index contributed by atoms with van der Waals surface area (Å²) >= 11 is 6.37. The highest BCUT2D eigenvalue weighted by Gasteiger charge is 2.22. The first kappa shape index (κ1) is 12.4. The number of nitrogens with zero attached hydrogens (tertiary/aromatic N) is 2. The predicted molar refractivity (Wildman–Crippen MR) is 62.8 cm³/mol. The summed E-state index contributed by atoms with van der Waals surface area (Å²) in [5.41, 5.74) is 0.892. The van der Waals surface area contributed by atoms with Crippen molar-refractivity contribution in [3.63, 3.8) is 0 Å². The van der Waals surface area contributed by atoms with E-state index in [1.54, 1.807) is 6.92 Å². The monoisotopic (exact) mass is 338 g/mol. The molecule has 82 valence electrons. The second-order valence-electron chi connectivity index (χ2n) is 2.78. The van der Waals surface area contributed by atoms with Gasteiger partial charge in [0.25, 0.3) is 5.69 Å². The van der Waals surface area contributed by atoms with Gasteiger partial charge in [0.1, 0.15) is 9.43 Å². The fraction of sp³-hybridized carbons (Fsp3) is 0.375. The molecule has 0 fully saturated rings. The van der Waals surface area contributed by atoms with Crippen molar-refractivity contribution in [1.82, 2.24) is 4.98 Å². The summed E-state index contributed by atoms with van der Waals surface area (Å²) in [6.07, 6.45) is 0. The molecule has 1 aromatic rings. The molecule has 0 aliphatic carbocycles. The van der Waals surface area contributed by atoms with Crippen molar-refractivity contribution in [3.05, 3.63) is 27.4 Å². The molecule has 0 aromatic carbocycles. The van der Waals surface area contributed by atoms with E-state index in [1.165, 1.54) is 13.2 Å². The lowest BCUT2D eigenvalue weighted by Crippen LogP contribution is -2.01. The molecule has 0 aliphatic heterocycles. The van der Waals surface area contributed by atoms with Gasteiger partial charge >= 0.3 is 0 Å². The third kappa shape index (κ3) is 2.66. The van der Waals surface area contributed by atoms with Gasteiger partial charge in [-0.1, -0.05) is 31.9 Å². The first-order valence-electron chi connectivity index (χ1n) is 3.95. The number of aromatic nitrogens is 1. The van der Waals surface area contributed by atoms with Crippen LogP contribution in [-0.4, -0.2) is 17.0 Å². The maximum absolute atomic E-state index is 10.8. The Balaban J connectivity index is 3.38. The molecule has 15 heavy (non-hydrogen) atoms. The van der Waals surface area contributed by atoms with Gasteiger partial charge in [-0.05, 0) is 6.92 Å². The van der Waals surface area contributed by atoms with Crippen LogP contribution in [0.4, 0.5) is 5.69 Å². The fourth-order valence-electron chi connectivity index (χ4n) is 1.11. The van der Waals surface area contributed by atoms with Crippen LogP contribution < -0.4 is 4.74 Å². The van der Waals surface area contributed by atoms with Gasteiger partial charge in [0.05, 0.1) is 12.0 Å². The Labute approximate surface area is 103 Å². The zero-order chi connectivity index (χ0) is 11.6. The number of ether oxygens (including phenoxy) is 1. The summed E-state index contributed by atoms with van der Waals surface area (Å²) < 4.78 is 4.62. The van der Waals surface area contributed by atoms with E-state index in [0.29, 0.717) is 17.1 Å².